The number of carbonyl (C=O) groups is 1. The number of rotatable bonds is 6. The predicted octanol–water partition coefficient (Wildman–Crippen LogP) is 3.31. The van der Waals surface area contributed by atoms with E-state index in [-0.39, 0.29) is 17.8 Å². The van der Waals surface area contributed by atoms with Crippen molar-refractivity contribution >= 4 is 23.2 Å². The number of halogens is 2. The summed E-state index contributed by atoms with van der Waals surface area (Å²) in [6.45, 7) is 5.40. The Balaban J connectivity index is 1.53. The topological polar surface area (TPSA) is 44.8 Å². The normalized spacial score (nSPS) is 15.9. The molecule has 7 heteroatoms. The second kappa shape index (κ2) is 9.26. The van der Waals surface area contributed by atoms with Crippen LogP contribution in [0.1, 0.15) is 12.5 Å². The standard InChI is InChI=1S/C21H25ClFN3O2/c1-15(21(27)24-14-16-3-6-18(23)7-4-16)25-9-11-26(12-10-25)19-13-17(22)5-8-20(19)28-2/h3-8,13,15H,9-12,14H2,1-2H3,(H,24,27). The SMILES string of the molecule is COc1ccc(Cl)cc1N1CCN(C(C)C(=O)NCc2ccc(F)cc2)CC1. The highest BCUT2D eigenvalue weighted by Crippen LogP contribution is 2.32. The van der Waals surface area contributed by atoms with E-state index < -0.39 is 0 Å². The molecule has 0 saturated carbocycles. The number of hydrogen-bond donors (Lipinski definition) is 1. The fourth-order valence-electron chi connectivity index (χ4n) is 3.37. The van der Waals surface area contributed by atoms with Crippen LogP contribution in [0.15, 0.2) is 42.5 Å². The summed E-state index contributed by atoms with van der Waals surface area (Å²) in [5, 5.41) is 3.60. The Morgan fingerprint density at radius 2 is 1.86 bits per heavy atom. The average Bonchev–Trinajstić information content (AvgIpc) is 2.72. The molecular formula is C21H25ClFN3O2. The molecule has 0 aromatic heterocycles. The Bertz CT molecular complexity index is 808. The molecule has 3 rings (SSSR count). The molecule has 1 saturated heterocycles. The van der Waals surface area contributed by atoms with E-state index in [1.807, 2.05) is 25.1 Å². The minimum Gasteiger partial charge on any atom is -0.495 e. The summed E-state index contributed by atoms with van der Waals surface area (Å²) < 4.78 is 18.4. The highest BCUT2D eigenvalue weighted by Gasteiger charge is 2.26. The van der Waals surface area contributed by atoms with E-state index in [0.717, 1.165) is 43.2 Å². The van der Waals surface area contributed by atoms with Crippen LogP contribution in [0.25, 0.3) is 0 Å². The van der Waals surface area contributed by atoms with Gasteiger partial charge in [0.2, 0.25) is 5.91 Å². The number of ether oxygens (including phenoxy) is 1. The summed E-state index contributed by atoms with van der Waals surface area (Å²) in [5.41, 5.74) is 1.85. The quantitative estimate of drug-likeness (QED) is 0.800. The summed E-state index contributed by atoms with van der Waals surface area (Å²) in [4.78, 5) is 16.9. The number of nitrogens with one attached hydrogen (secondary N) is 1. The van der Waals surface area contributed by atoms with Crippen LogP contribution >= 0.6 is 11.6 Å². The average molecular weight is 406 g/mol. The molecule has 1 aliphatic rings. The smallest absolute Gasteiger partial charge is 0.237 e. The summed E-state index contributed by atoms with van der Waals surface area (Å²) in [6, 6.07) is 11.5. The molecule has 1 aliphatic heterocycles. The molecule has 1 N–H and O–H groups in total. The number of piperazine rings is 1. The maximum atomic E-state index is 13.0. The van der Waals surface area contributed by atoms with Gasteiger partial charge in [0, 0.05) is 37.7 Å². The number of methoxy groups -OCH3 is 1. The highest BCUT2D eigenvalue weighted by molar-refractivity contribution is 6.30. The Morgan fingerprint density at radius 1 is 1.18 bits per heavy atom. The molecular weight excluding hydrogens is 381 g/mol. The lowest BCUT2D eigenvalue weighted by Gasteiger charge is -2.39. The monoisotopic (exact) mass is 405 g/mol. The fourth-order valence-corrected chi connectivity index (χ4v) is 3.53. The molecule has 150 valence electrons. The van der Waals surface area contributed by atoms with Gasteiger partial charge in [-0.05, 0) is 42.8 Å². The van der Waals surface area contributed by atoms with E-state index >= 15 is 0 Å². The zero-order valence-corrected chi connectivity index (χ0v) is 16.9. The van der Waals surface area contributed by atoms with Crippen molar-refractivity contribution in [2.45, 2.75) is 19.5 Å². The predicted molar refractivity (Wildman–Crippen MR) is 109 cm³/mol. The largest absolute Gasteiger partial charge is 0.495 e. The van der Waals surface area contributed by atoms with Crippen LogP contribution in [0.4, 0.5) is 10.1 Å². The fraction of sp³-hybridized carbons (Fsp3) is 0.381. The third-order valence-corrected chi connectivity index (χ3v) is 5.34. The van der Waals surface area contributed by atoms with Crippen molar-refractivity contribution in [2.75, 3.05) is 38.2 Å². The number of nitrogens with zero attached hydrogens (tertiary/aromatic N) is 2. The van der Waals surface area contributed by atoms with Gasteiger partial charge < -0.3 is 15.0 Å². The minimum atomic E-state index is -0.280. The van der Waals surface area contributed by atoms with Gasteiger partial charge in [0.15, 0.2) is 0 Å². The summed E-state index contributed by atoms with van der Waals surface area (Å²) in [6.07, 6.45) is 0. The Labute approximate surface area is 170 Å². The van der Waals surface area contributed by atoms with Gasteiger partial charge in [-0.1, -0.05) is 23.7 Å². The van der Waals surface area contributed by atoms with Crippen molar-refractivity contribution in [3.63, 3.8) is 0 Å². The molecule has 5 nitrogen and oxygen atoms in total. The first-order valence-electron chi connectivity index (χ1n) is 9.32. The Hall–Kier alpha value is -2.31. The molecule has 0 aliphatic carbocycles. The van der Waals surface area contributed by atoms with Gasteiger partial charge >= 0.3 is 0 Å². The molecule has 1 atom stereocenters. The third-order valence-electron chi connectivity index (χ3n) is 5.10. The van der Waals surface area contributed by atoms with Crippen LogP contribution in [0.2, 0.25) is 5.02 Å². The lowest BCUT2D eigenvalue weighted by atomic mass is 10.1. The van der Waals surface area contributed by atoms with Crippen molar-refractivity contribution in [3.8, 4) is 5.75 Å². The molecule has 2 aromatic rings. The van der Waals surface area contributed by atoms with Gasteiger partial charge in [-0.2, -0.15) is 0 Å². The molecule has 2 aromatic carbocycles. The zero-order chi connectivity index (χ0) is 20.1. The van der Waals surface area contributed by atoms with Gasteiger partial charge in [-0.3, -0.25) is 9.69 Å². The molecule has 0 radical (unpaired) electrons. The van der Waals surface area contributed by atoms with Gasteiger partial charge in [0.1, 0.15) is 11.6 Å². The first-order chi connectivity index (χ1) is 13.5. The molecule has 1 fully saturated rings. The van der Waals surface area contributed by atoms with Crippen LogP contribution in [0.5, 0.6) is 5.75 Å². The molecule has 28 heavy (non-hydrogen) atoms. The van der Waals surface area contributed by atoms with E-state index in [9.17, 15) is 9.18 Å². The molecule has 0 bridgehead atoms. The van der Waals surface area contributed by atoms with E-state index in [1.54, 1.807) is 19.2 Å². The minimum absolute atomic E-state index is 0.0295. The van der Waals surface area contributed by atoms with Crippen LogP contribution in [0.3, 0.4) is 0 Å². The summed E-state index contributed by atoms with van der Waals surface area (Å²) >= 11 is 6.14. The summed E-state index contributed by atoms with van der Waals surface area (Å²) in [7, 11) is 1.65. The third kappa shape index (κ3) is 4.94. The van der Waals surface area contributed by atoms with E-state index in [2.05, 4.69) is 15.1 Å². The second-order valence-corrected chi connectivity index (χ2v) is 7.30. The van der Waals surface area contributed by atoms with E-state index in [4.69, 9.17) is 16.3 Å². The number of benzene rings is 2. The van der Waals surface area contributed by atoms with E-state index in [0.29, 0.717) is 11.6 Å². The Kier molecular flexibility index (Phi) is 6.75. The van der Waals surface area contributed by atoms with Crippen LogP contribution in [-0.2, 0) is 11.3 Å². The van der Waals surface area contributed by atoms with E-state index in [1.165, 1.54) is 12.1 Å². The Morgan fingerprint density at radius 3 is 2.50 bits per heavy atom. The lowest BCUT2D eigenvalue weighted by molar-refractivity contribution is -0.126. The number of anilines is 1. The van der Waals surface area contributed by atoms with Crippen molar-refractivity contribution in [2.24, 2.45) is 0 Å². The number of carbonyl (C=O) groups excluding carboxylic acids is 1. The van der Waals surface area contributed by atoms with Crippen molar-refractivity contribution in [3.05, 3.63) is 58.9 Å². The zero-order valence-electron chi connectivity index (χ0n) is 16.1. The maximum Gasteiger partial charge on any atom is 0.237 e. The van der Waals surface area contributed by atoms with Crippen molar-refractivity contribution < 1.29 is 13.9 Å². The van der Waals surface area contributed by atoms with Crippen molar-refractivity contribution in [1.82, 2.24) is 10.2 Å². The number of amides is 1. The van der Waals surface area contributed by atoms with Crippen LogP contribution < -0.4 is 15.0 Å². The van der Waals surface area contributed by atoms with Gasteiger partial charge in [0.25, 0.3) is 0 Å². The lowest BCUT2D eigenvalue weighted by Crippen LogP contribution is -2.53. The molecule has 0 spiro atoms. The molecule has 1 unspecified atom stereocenters. The first-order valence-corrected chi connectivity index (χ1v) is 9.70. The van der Waals surface area contributed by atoms with Crippen LogP contribution in [-0.4, -0.2) is 50.1 Å². The second-order valence-electron chi connectivity index (χ2n) is 6.86. The molecule has 1 heterocycles. The van der Waals surface area contributed by atoms with Crippen molar-refractivity contribution in [1.29, 1.82) is 0 Å². The van der Waals surface area contributed by atoms with Gasteiger partial charge in [-0.25, -0.2) is 4.39 Å². The van der Waals surface area contributed by atoms with Crippen LogP contribution in [0, 0.1) is 5.82 Å². The number of hydrogen-bond acceptors (Lipinski definition) is 4. The summed E-state index contributed by atoms with van der Waals surface area (Å²) in [5.74, 6) is 0.485. The van der Waals surface area contributed by atoms with Gasteiger partial charge in [0.05, 0.1) is 18.8 Å². The highest BCUT2D eigenvalue weighted by atomic mass is 35.5. The first kappa shape index (κ1) is 20.4. The van der Waals surface area contributed by atoms with Gasteiger partial charge in [-0.15, -0.1) is 0 Å². The molecule has 1 amide bonds. The maximum absolute atomic E-state index is 13.0.